The third-order valence-corrected chi connectivity index (χ3v) is 9.91. The smallest absolute Gasteiger partial charge is 0.116 e. The lowest BCUT2D eigenvalue weighted by Gasteiger charge is -2.41. The minimum absolute atomic E-state index is 0.469. The van der Waals surface area contributed by atoms with Crippen LogP contribution in [0.4, 0.5) is 56.9 Å². The molecule has 1 aliphatic rings. The van der Waals surface area contributed by atoms with E-state index in [2.05, 4.69) is 222 Å². The Morgan fingerprint density at radius 2 is 0.863 bits per heavy atom. The summed E-state index contributed by atoms with van der Waals surface area (Å²) < 4.78 is 0. The molecule has 0 unspecified atom stereocenters. The molecule has 1 aliphatic heterocycles. The fourth-order valence-electron chi connectivity index (χ4n) is 7.42. The highest BCUT2D eigenvalue weighted by Crippen LogP contribution is 2.55. The second-order valence-electron chi connectivity index (χ2n) is 13.3. The van der Waals surface area contributed by atoms with Crippen molar-refractivity contribution >= 4 is 68.5 Å². The second-order valence-corrected chi connectivity index (χ2v) is 13.7. The van der Waals surface area contributed by atoms with E-state index < -0.39 is 5.66 Å². The van der Waals surface area contributed by atoms with Crippen molar-refractivity contribution in [3.63, 3.8) is 0 Å². The van der Waals surface area contributed by atoms with Gasteiger partial charge in [0, 0.05) is 34.1 Å². The summed E-state index contributed by atoms with van der Waals surface area (Å²) in [7, 11) is 0. The number of nitrogens with zero attached hydrogens (tertiary/aromatic N) is 4. The first-order valence-corrected chi connectivity index (χ1v) is 17.7. The molecule has 0 aromatic heterocycles. The highest BCUT2D eigenvalue weighted by molar-refractivity contribution is 6.36. The first kappa shape index (κ1) is 32.2. The van der Waals surface area contributed by atoms with Gasteiger partial charge in [-0.3, -0.25) is 0 Å². The Morgan fingerprint density at radius 1 is 0.431 bits per heavy atom. The molecule has 0 saturated heterocycles. The molecule has 250 valence electrons. The van der Waals surface area contributed by atoms with Crippen molar-refractivity contribution in [1.29, 1.82) is 0 Å². The number of hydrogen-bond donors (Lipinski definition) is 0. The molecule has 0 bridgehead atoms. The topological polar surface area (TPSA) is 13.0 Å². The number of halogens is 1. The molecule has 7 aromatic carbocycles. The van der Waals surface area contributed by atoms with Crippen LogP contribution < -0.4 is 19.6 Å². The summed E-state index contributed by atoms with van der Waals surface area (Å²) in [6.07, 6.45) is 0. The van der Waals surface area contributed by atoms with E-state index in [9.17, 15) is 0 Å². The van der Waals surface area contributed by atoms with Gasteiger partial charge in [0.15, 0.2) is 0 Å². The summed E-state index contributed by atoms with van der Waals surface area (Å²) in [5.41, 5.74) is 11.1. The average molecular weight is 683 g/mol. The highest BCUT2D eigenvalue weighted by atomic mass is 35.5. The Kier molecular flexibility index (Phi) is 8.47. The van der Waals surface area contributed by atoms with Crippen molar-refractivity contribution in [3.8, 4) is 0 Å². The molecule has 7 aromatic rings. The van der Waals surface area contributed by atoms with Crippen LogP contribution in [-0.2, 0) is 0 Å². The molecule has 0 N–H and O–H groups in total. The zero-order valence-corrected chi connectivity index (χ0v) is 29.7. The van der Waals surface area contributed by atoms with Crippen LogP contribution in [0.15, 0.2) is 182 Å². The van der Waals surface area contributed by atoms with Gasteiger partial charge in [0.05, 0.1) is 27.8 Å². The van der Waals surface area contributed by atoms with Gasteiger partial charge in [-0.05, 0) is 117 Å². The molecule has 0 atom stereocenters. The normalized spacial score (nSPS) is 13.2. The van der Waals surface area contributed by atoms with Gasteiger partial charge in [0.2, 0.25) is 0 Å². The molecule has 4 nitrogen and oxygen atoms in total. The summed E-state index contributed by atoms with van der Waals surface area (Å²) in [6, 6.07) is 63.8. The Balaban J connectivity index is 1.30. The molecule has 0 amide bonds. The zero-order chi connectivity index (χ0) is 35.0. The van der Waals surface area contributed by atoms with Gasteiger partial charge in [-0.2, -0.15) is 0 Å². The van der Waals surface area contributed by atoms with Gasteiger partial charge in [-0.25, -0.2) is 0 Å². The maximum absolute atomic E-state index is 7.72. The molecule has 51 heavy (non-hydrogen) atoms. The van der Waals surface area contributed by atoms with E-state index >= 15 is 0 Å². The van der Waals surface area contributed by atoms with Crippen LogP contribution in [0.2, 0.25) is 5.02 Å². The van der Waals surface area contributed by atoms with E-state index in [1.165, 1.54) is 0 Å². The Bertz CT molecular complexity index is 2240. The van der Waals surface area contributed by atoms with Crippen LogP contribution in [0, 0.1) is 6.92 Å². The number of anilines is 10. The van der Waals surface area contributed by atoms with Crippen LogP contribution in [-0.4, -0.2) is 5.66 Å². The van der Waals surface area contributed by atoms with Gasteiger partial charge < -0.3 is 19.6 Å². The summed E-state index contributed by atoms with van der Waals surface area (Å²) in [6.45, 7) is 6.68. The van der Waals surface area contributed by atoms with Crippen molar-refractivity contribution in [1.82, 2.24) is 0 Å². The molecule has 5 heteroatoms. The molecule has 0 aliphatic carbocycles. The minimum atomic E-state index is -0.469. The molecule has 0 saturated carbocycles. The van der Waals surface area contributed by atoms with Gasteiger partial charge in [0.1, 0.15) is 5.66 Å². The number of fused-ring (bicyclic) bond motifs is 1. The molecule has 1 heterocycles. The predicted molar refractivity (Wildman–Crippen MR) is 217 cm³/mol. The van der Waals surface area contributed by atoms with E-state index in [0.29, 0.717) is 5.02 Å². The zero-order valence-electron chi connectivity index (χ0n) is 29.0. The predicted octanol–water partition coefficient (Wildman–Crippen LogP) is 13.6. The fourth-order valence-corrected chi connectivity index (χ4v) is 7.70. The molecule has 0 spiro atoms. The summed E-state index contributed by atoms with van der Waals surface area (Å²) in [4.78, 5) is 9.36. The van der Waals surface area contributed by atoms with Crippen LogP contribution in [0.1, 0.15) is 19.4 Å². The molecule has 0 fully saturated rings. The fraction of sp³-hybridized carbons (Fsp3) is 0.0870. The first-order valence-electron chi connectivity index (χ1n) is 17.3. The molecule has 0 radical (unpaired) electrons. The third-order valence-electron chi connectivity index (χ3n) is 9.52. The van der Waals surface area contributed by atoms with E-state index in [1.807, 2.05) is 0 Å². The maximum Gasteiger partial charge on any atom is 0.116 e. The van der Waals surface area contributed by atoms with E-state index in [-0.39, 0.29) is 0 Å². The highest BCUT2D eigenvalue weighted by Gasteiger charge is 2.45. The minimum Gasteiger partial charge on any atom is -0.316 e. The van der Waals surface area contributed by atoms with Crippen LogP contribution in [0.25, 0.3) is 0 Å². The standard InChI is InChI=1S/C46H39ClN4/c1-34-31-43(45(47)44(32-34)51-42-30-17-16-29-41(42)50(46(51,2)3)38-25-14-7-15-26-38)49(37-23-12-6-13-24-37)40-28-18-27-39(33-40)48(35-19-8-4-9-20-35)36-21-10-5-11-22-36/h4-33H,1-3H3. The lowest BCUT2D eigenvalue weighted by atomic mass is 10.1. The van der Waals surface area contributed by atoms with Gasteiger partial charge in [-0.15, -0.1) is 0 Å². The monoisotopic (exact) mass is 682 g/mol. The van der Waals surface area contributed by atoms with Gasteiger partial charge in [-0.1, -0.05) is 103 Å². The second kappa shape index (κ2) is 13.4. The SMILES string of the molecule is Cc1cc(N(c2ccccc2)c2cccc(N(c3ccccc3)c3ccccc3)c2)c(Cl)c(N2c3ccccc3N(c3ccccc3)C2(C)C)c1. The largest absolute Gasteiger partial charge is 0.316 e. The number of hydrogen-bond acceptors (Lipinski definition) is 4. The Morgan fingerprint density at radius 3 is 1.41 bits per heavy atom. The van der Waals surface area contributed by atoms with Gasteiger partial charge >= 0.3 is 0 Å². The lowest BCUT2D eigenvalue weighted by Crippen LogP contribution is -2.48. The lowest BCUT2D eigenvalue weighted by molar-refractivity contribution is 0.540. The van der Waals surface area contributed by atoms with E-state index in [0.717, 1.165) is 62.4 Å². The van der Waals surface area contributed by atoms with Gasteiger partial charge in [0.25, 0.3) is 0 Å². The Labute approximate surface area is 306 Å². The third kappa shape index (κ3) is 5.88. The molecular weight excluding hydrogens is 644 g/mol. The van der Waals surface area contributed by atoms with Crippen LogP contribution in [0.3, 0.4) is 0 Å². The number of benzene rings is 7. The van der Waals surface area contributed by atoms with E-state index in [1.54, 1.807) is 0 Å². The number of para-hydroxylation sites is 6. The van der Waals surface area contributed by atoms with Crippen molar-refractivity contribution in [2.45, 2.75) is 26.4 Å². The van der Waals surface area contributed by atoms with Crippen LogP contribution >= 0.6 is 11.6 Å². The summed E-state index contributed by atoms with van der Waals surface area (Å²) in [5, 5.41) is 0.677. The first-order chi connectivity index (χ1) is 24.9. The average Bonchev–Trinajstić information content (AvgIpc) is 3.40. The van der Waals surface area contributed by atoms with Crippen molar-refractivity contribution in [2.75, 3.05) is 19.6 Å². The quantitative estimate of drug-likeness (QED) is 0.158. The summed E-state index contributed by atoms with van der Waals surface area (Å²) in [5.74, 6) is 0. The van der Waals surface area contributed by atoms with Crippen molar-refractivity contribution in [2.24, 2.45) is 0 Å². The van der Waals surface area contributed by atoms with Crippen molar-refractivity contribution < 1.29 is 0 Å². The van der Waals surface area contributed by atoms with E-state index in [4.69, 9.17) is 11.6 Å². The maximum atomic E-state index is 7.72. The Hall–Kier alpha value is -5.97. The summed E-state index contributed by atoms with van der Waals surface area (Å²) >= 11 is 7.72. The molecular formula is C46H39ClN4. The molecule has 8 rings (SSSR count). The number of aryl methyl sites for hydroxylation is 1. The van der Waals surface area contributed by atoms with Crippen LogP contribution in [0.5, 0.6) is 0 Å². The van der Waals surface area contributed by atoms with Crippen molar-refractivity contribution in [3.05, 3.63) is 193 Å². The number of rotatable bonds is 8.